The molecule has 12 aromatic carbocycles. The molecule has 0 aliphatic rings. The van der Waals surface area contributed by atoms with Crippen molar-refractivity contribution in [3.05, 3.63) is 561 Å². The predicted octanol–water partition coefficient (Wildman–Crippen LogP) is 30.7. The minimum absolute atomic E-state index is 0. The molecule has 9 heterocycles. The third kappa shape index (κ3) is 34.4. The van der Waals surface area contributed by atoms with Gasteiger partial charge in [-0.1, -0.05) is 233 Å². The summed E-state index contributed by atoms with van der Waals surface area (Å²) in [5.41, 5.74) is 29.0. The predicted molar refractivity (Wildman–Crippen MR) is 556 cm³/mol. The van der Waals surface area contributed by atoms with Gasteiger partial charge in [-0.15, -0.1) is 305 Å². The van der Waals surface area contributed by atoms with Crippen LogP contribution in [-0.2, 0) is 60.3 Å². The summed E-state index contributed by atoms with van der Waals surface area (Å²) in [5, 5.41) is 0. The van der Waals surface area contributed by atoms with Crippen LogP contribution in [0.15, 0.2) is 455 Å². The molecule has 0 amide bonds. The second-order valence-electron chi connectivity index (χ2n) is 30.3. The molecule has 0 atom stereocenters. The third-order valence-corrected chi connectivity index (χ3v) is 20.0. The molecule has 0 bridgehead atoms. The first kappa shape index (κ1) is 88.2. The van der Waals surface area contributed by atoms with E-state index in [0.29, 0.717) is 22.8 Å². The summed E-state index contributed by atoms with van der Waals surface area (Å²) in [6.07, 6.45) is 4.65. The van der Waals surface area contributed by atoms with E-state index < -0.39 is 27.4 Å². The zero-order valence-electron chi connectivity index (χ0n) is 88.3. The number of aromatic nitrogens is 9. The van der Waals surface area contributed by atoms with Crippen molar-refractivity contribution in [1.29, 1.82) is 0 Å². The summed E-state index contributed by atoms with van der Waals surface area (Å²) in [6.45, 7) is 1.48. The Hall–Kier alpha value is -15.1. The molecular weight excluding hydrogens is 2220 g/mol. The van der Waals surface area contributed by atoms with Crippen LogP contribution in [0.1, 0.15) is 67.3 Å². The van der Waals surface area contributed by atoms with Gasteiger partial charge in [-0.25, -0.2) is 0 Å². The molecule has 0 saturated carbocycles. The molecule has 9 nitrogen and oxygen atoms in total. The SMILES string of the molecule is Cc1cccc(-c2[c-]cccc2)n1.Cc1cccc(-c2[c-]cccc2)n1.Cc1cccc(-c2[c-]cccc2)n1.Cc1cccc(-c2[c-]cccc2)n1.Cc1ccnc(-c2[c-]cc(-c3ccccc3)cc2)c1.[2H]C([2H])([2H])c1ccc(-c2[c-]cc(-c3ccccc3)cc2)nc1.[2H]C([2H])([2H])c1ccc(-c2[c-]cc(-c3ccccc3)cc2)nc1.[2H]C([2H])([2H])c1cccc(-c2[c-]cccc2)n1.[2H]C([2H])([2H])c1cccc(-c2[c-]cccc2)n1.[Ir+3].[Ir+3].[Ir+3]. The van der Waals surface area contributed by atoms with E-state index >= 15 is 0 Å². The number of rotatable bonds is 12. The van der Waals surface area contributed by atoms with Crippen molar-refractivity contribution in [3.63, 3.8) is 0 Å². The second kappa shape index (κ2) is 57.0. The average Bonchev–Trinajstić information content (AvgIpc) is 0.821. The minimum atomic E-state index is -2.16. The molecule has 12 heteroatoms. The monoisotopic (exact) mass is 2330 g/mol. The van der Waals surface area contributed by atoms with Gasteiger partial charge in [0.2, 0.25) is 0 Å². The van der Waals surface area contributed by atoms with Gasteiger partial charge in [0.25, 0.3) is 0 Å². The fourth-order valence-corrected chi connectivity index (χ4v) is 13.2. The number of hydrogen-bond acceptors (Lipinski definition) is 9. The molecule has 678 valence electrons. The largest absolute Gasteiger partial charge is 3.00 e. The molecule has 21 rings (SSSR count). The second-order valence-corrected chi connectivity index (χ2v) is 30.3. The van der Waals surface area contributed by atoms with E-state index in [9.17, 15) is 0 Å². The number of hydrogen-bond donors (Lipinski definition) is 0. The zero-order chi connectivity index (χ0) is 104. The van der Waals surface area contributed by atoms with Crippen molar-refractivity contribution in [1.82, 2.24) is 44.9 Å². The molecule has 0 saturated heterocycles. The van der Waals surface area contributed by atoms with Crippen LogP contribution < -0.4 is 0 Å². The van der Waals surface area contributed by atoms with Crippen molar-refractivity contribution < 1.29 is 76.8 Å². The topological polar surface area (TPSA) is 116 Å². The van der Waals surface area contributed by atoms with Crippen LogP contribution in [0.2, 0.25) is 0 Å². The Morgan fingerprint density at radius 1 is 0.181 bits per heavy atom. The number of pyridine rings is 9. The van der Waals surface area contributed by atoms with E-state index in [4.69, 9.17) is 16.4 Å². The summed E-state index contributed by atoms with van der Waals surface area (Å²) in [5.74, 6) is 0. The van der Waals surface area contributed by atoms with Gasteiger partial charge in [0.1, 0.15) is 0 Å². The molecule has 0 N–H and O–H groups in total. The molecule has 138 heavy (non-hydrogen) atoms. The Morgan fingerprint density at radius 2 is 0.435 bits per heavy atom. The van der Waals surface area contributed by atoms with E-state index in [1.54, 1.807) is 60.7 Å². The Kier molecular flexibility index (Phi) is 36.4. The van der Waals surface area contributed by atoms with Gasteiger partial charge in [-0.3, -0.25) is 0 Å². The van der Waals surface area contributed by atoms with Crippen LogP contribution in [0, 0.1) is 117 Å². The van der Waals surface area contributed by atoms with Gasteiger partial charge in [-0.2, -0.15) is 0 Å². The van der Waals surface area contributed by atoms with Crippen LogP contribution in [0.3, 0.4) is 0 Å². The van der Waals surface area contributed by atoms with E-state index in [1.165, 1.54) is 41.2 Å². The molecule has 9 aromatic heterocycles. The van der Waals surface area contributed by atoms with Crippen LogP contribution in [-0.4, -0.2) is 44.9 Å². The van der Waals surface area contributed by atoms with Crippen molar-refractivity contribution in [2.45, 2.75) is 62.0 Å². The first-order valence-electron chi connectivity index (χ1n) is 49.6. The summed E-state index contributed by atoms with van der Waals surface area (Å²) in [6, 6.07) is 168. The molecule has 0 fully saturated rings. The first-order valence-corrected chi connectivity index (χ1v) is 43.6. The fraction of sp³-hybridized carbons (Fsp3) is 0.0714. The quantitative estimate of drug-likeness (QED) is 0.110. The maximum absolute atomic E-state index is 7.36. The number of aryl methyl sites for hydroxylation is 9. The van der Waals surface area contributed by atoms with Crippen LogP contribution in [0.5, 0.6) is 0 Å². The summed E-state index contributed by atoms with van der Waals surface area (Å²) in [4.78, 5) is 38.7. The standard InChI is InChI=1S/3C18H14N.6C12H10N.3Ir/c2*1-14-7-12-18(19-13-14)17-10-8-16(9-11-17)15-5-3-2-4-6-15;1-14-11-12-19-18(13-14)17-9-7-16(8-10-17)15-5-3-2-4-6-15;6*1-10-6-5-9-12(13-10)11-7-3-2-4-8-11;;;/h2*2-10,12-13H,1H3;2-9,11-13H,1H3;6*2-7,9H,1H3;;;/q9*-1;3*+3/i2*1D3;;2*1D3;;;;;;;. The van der Waals surface area contributed by atoms with E-state index in [2.05, 4.69) is 137 Å². The summed E-state index contributed by atoms with van der Waals surface area (Å²) < 4.78 is 87.9. The Bertz CT molecular complexity index is 7010. The summed E-state index contributed by atoms with van der Waals surface area (Å²) in [7, 11) is 0. The van der Waals surface area contributed by atoms with Gasteiger partial charge in [0.15, 0.2) is 0 Å². The first-order chi connectivity index (χ1) is 71.0. The van der Waals surface area contributed by atoms with Crippen molar-refractivity contribution in [2.24, 2.45) is 0 Å². The summed E-state index contributed by atoms with van der Waals surface area (Å²) >= 11 is 0. The molecule has 0 unspecified atom stereocenters. The van der Waals surface area contributed by atoms with Crippen molar-refractivity contribution in [2.75, 3.05) is 0 Å². The van der Waals surface area contributed by atoms with E-state index in [0.717, 1.165) is 124 Å². The van der Waals surface area contributed by atoms with Gasteiger partial charge >= 0.3 is 60.3 Å². The van der Waals surface area contributed by atoms with Gasteiger partial charge in [-0.05, 0) is 167 Å². The van der Waals surface area contributed by atoms with Crippen LogP contribution in [0.25, 0.3) is 135 Å². The Morgan fingerprint density at radius 3 is 0.652 bits per heavy atom. The van der Waals surface area contributed by atoms with Crippen molar-refractivity contribution in [3.8, 4) is 135 Å². The van der Waals surface area contributed by atoms with Crippen molar-refractivity contribution >= 4 is 0 Å². The van der Waals surface area contributed by atoms with E-state index in [1.807, 2.05) is 368 Å². The molecule has 0 aliphatic heterocycles. The number of nitrogens with zero attached hydrogens (tertiary/aromatic N) is 9. The normalized spacial score (nSPS) is 11.5. The molecule has 21 aromatic rings. The molecule has 0 spiro atoms. The molecular formula is C126H102Ir3N9. The Labute approximate surface area is 872 Å². The van der Waals surface area contributed by atoms with Gasteiger partial charge < -0.3 is 44.9 Å². The third-order valence-electron chi connectivity index (χ3n) is 20.0. The fourth-order valence-electron chi connectivity index (χ4n) is 13.2. The Balaban J connectivity index is 0.000000173. The van der Waals surface area contributed by atoms with Gasteiger partial charge in [0, 0.05) is 69.2 Å². The van der Waals surface area contributed by atoms with Crippen LogP contribution in [0.4, 0.5) is 0 Å². The molecule has 0 aliphatic carbocycles. The number of benzene rings is 12. The van der Waals surface area contributed by atoms with Gasteiger partial charge in [0.05, 0.1) is 0 Å². The zero-order valence-corrected chi connectivity index (χ0v) is 83.5. The van der Waals surface area contributed by atoms with Crippen LogP contribution >= 0.6 is 0 Å². The molecule has 0 radical (unpaired) electrons. The maximum Gasteiger partial charge on any atom is 3.00 e. The minimum Gasteiger partial charge on any atom is -0.305 e. The smallest absolute Gasteiger partial charge is 0.305 e. The van der Waals surface area contributed by atoms with E-state index in [-0.39, 0.29) is 82.8 Å². The average molecular weight is 2330 g/mol. The maximum atomic E-state index is 7.36.